The Morgan fingerprint density at radius 1 is 0.588 bits per heavy atom. The van der Waals surface area contributed by atoms with Crippen molar-refractivity contribution in [3.05, 3.63) is 102 Å². The Labute approximate surface area is 302 Å². The van der Waals surface area contributed by atoms with Gasteiger partial charge in [-0.1, -0.05) is 37.1 Å². The highest BCUT2D eigenvalue weighted by atomic mass is 16.6. The highest BCUT2D eigenvalue weighted by molar-refractivity contribution is 5.92. The maximum atomic E-state index is 12.6. The van der Waals surface area contributed by atoms with Crippen molar-refractivity contribution in [3.63, 3.8) is 0 Å². The minimum atomic E-state index is -0.606. The number of unbranched alkanes of at least 4 members (excludes halogenated alkanes) is 4. The Morgan fingerprint density at radius 2 is 1.04 bits per heavy atom. The number of rotatable bonds is 20. The summed E-state index contributed by atoms with van der Waals surface area (Å²) in [6.45, 7) is 15.3. The fourth-order valence-electron chi connectivity index (χ4n) is 5.10. The van der Waals surface area contributed by atoms with Crippen LogP contribution in [-0.2, 0) is 19.1 Å². The van der Waals surface area contributed by atoms with Gasteiger partial charge < -0.3 is 23.7 Å². The predicted octanol–water partition coefficient (Wildman–Crippen LogP) is 9.54. The lowest BCUT2D eigenvalue weighted by Crippen LogP contribution is -2.29. The molecule has 9 heteroatoms. The number of ether oxygens (including phenoxy) is 5. The van der Waals surface area contributed by atoms with Crippen LogP contribution in [0.5, 0.6) is 17.2 Å². The van der Waals surface area contributed by atoms with Crippen LogP contribution in [0.15, 0.2) is 84.9 Å². The summed E-state index contributed by atoms with van der Waals surface area (Å²) in [5, 5.41) is 0. The van der Waals surface area contributed by atoms with E-state index in [0.29, 0.717) is 59.8 Å². The number of esters is 4. The molecule has 274 valence electrons. The summed E-state index contributed by atoms with van der Waals surface area (Å²) in [5.41, 5.74) is 1.11. The number of hydrogen-bond donors (Lipinski definition) is 0. The molecule has 0 saturated carbocycles. The third kappa shape index (κ3) is 15.2. The lowest BCUT2D eigenvalue weighted by Gasteiger charge is -2.26. The van der Waals surface area contributed by atoms with Gasteiger partial charge in [0.15, 0.2) is 0 Å². The highest BCUT2D eigenvalue weighted by Gasteiger charge is 2.24. The normalized spacial score (nSPS) is 11.3. The minimum Gasteiger partial charge on any atom is -0.494 e. The van der Waals surface area contributed by atoms with Gasteiger partial charge in [-0.15, -0.1) is 0 Å². The molecular weight excluding hydrogens is 648 g/mol. The van der Waals surface area contributed by atoms with E-state index in [4.69, 9.17) is 23.7 Å². The van der Waals surface area contributed by atoms with Crippen molar-refractivity contribution in [1.82, 2.24) is 0 Å². The second-order valence-corrected chi connectivity index (χ2v) is 14.0. The van der Waals surface area contributed by atoms with Gasteiger partial charge in [-0.3, -0.25) is 4.79 Å². The fourth-order valence-corrected chi connectivity index (χ4v) is 5.10. The van der Waals surface area contributed by atoms with Crippen molar-refractivity contribution in [2.45, 2.75) is 111 Å². The van der Waals surface area contributed by atoms with Crippen molar-refractivity contribution in [2.75, 3.05) is 6.61 Å². The van der Waals surface area contributed by atoms with Gasteiger partial charge in [-0.25, -0.2) is 14.4 Å². The zero-order chi connectivity index (χ0) is 37.4. The first-order valence-corrected chi connectivity index (χ1v) is 17.6. The number of hydrogen-bond acceptors (Lipinski definition) is 9. The van der Waals surface area contributed by atoms with Crippen molar-refractivity contribution >= 4 is 23.9 Å². The molecule has 0 aliphatic carbocycles. The molecule has 0 spiro atoms. The van der Waals surface area contributed by atoms with E-state index in [9.17, 15) is 19.2 Å². The molecule has 0 aliphatic rings. The van der Waals surface area contributed by atoms with Crippen molar-refractivity contribution in [1.29, 1.82) is 0 Å². The molecule has 0 fully saturated rings. The smallest absolute Gasteiger partial charge is 0.343 e. The Bertz CT molecular complexity index is 1600. The van der Waals surface area contributed by atoms with Crippen LogP contribution >= 0.6 is 0 Å². The van der Waals surface area contributed by atoms with E-state index in [-0.39, 0.29) is 5.97 Å². The van der Waals surface area contributed by atoms with Crippen LogP contribution in [0.3, 0.4) is 0 Å². The zero-order valence-electron chi connectivity index (χ0n) is 30.9. The summed E-state index contributed by atoms with van der Waals surface area (Å²) in [7, 11) is 0. The van der Waals surface area contributed by atoms with E-state index in [2.05, 4.69) is 6.58 Å². The van der Waals surface area contributed by atoms with Crippen molar-refractivity contribution in [3.8, 4) is 17.2 Å². The Balaban J connectivity index is 1.26. The van der Waals surface area contributed by atoms with Gasteiger partial charge in [0.05, 0.1) is 17.7 Å². The Hall–Kier alpha value is -4.92. The molecule has 0 bridgehead atoms. The van der Waals surface area contributed by atoms with Gasteiger partial charge >= 0.3 is 23.9 Å². The van der Waals surface area contributed by atoms with E-state index in [1.165, 1.54) is 0 Å². The molecule has 3 aromatic carbocycles. The standard InChI is InChI=1S/C42H52O9/c1-30(2)38(44)51-42(6,7)28-12-10-14-37(43)50-41(4,5)27-11-8-9-13-29-47-34-21-19-33(20-22-34)40(46)49-36-25-23-35(24-26-36)48-39(45)32-17-15-31(3)16-18-32/h15-26H,1,8-14,27-29H2,2-7H3. The molecule has 3 aromatic rings. The third-order valence-electron chi connectivity index (χ3n) is 8.08. The van der Waals surface area contributed by atoms with Gasteiger partial charge in [0.1, 0.15) is 28.5 Å². The van der Waals surface area contributed by atoms with E-state index in [0.717, 1.165) is 44.1 Å². The van der Waals surface area contributed by atoms with Crippen LogP contribution in [-0.4, -0.2) is 41.7 Å². The van der Waals surface area contributed by atoms with Gasteiger partial charge in [0.25, 0.3) is 0 Å². The summed E-state index contributed by atoms with van der Waals surface area (Å²) in [4.78, 5) is 49.1. The summed E-state index contributed by atoms with van der Waals surface area (Å²) in [6, 6.07) is 20.2. The first-order valence-electron chi connectivity index (χ1n) is 17.6. The number of carbonyl (C=O) groups excluding carboxylic acids is 4. The first kappa shape index (κ1) is 40.5. The molecule has 0 N–H and O–H groups in total. The Morgan fingerprint density at radius 3 is 1.57 bits per heavy atom. The molecule has 51 heavy (non-hydrogen) atoms. The Kier molecular flexibility index (Phi) is 15.5. The average molecular weight is 701 g/mol. The maximum absolute atomic E-state index is 12.6. The lowest BCUT2D eigenvalue weighted by molar-refractivity contribution is -0.158. The van der Waals surface area contributed by atoms with Crippen LogP contribution in [0.1, 0.15) is 119 Å². The predicted molar refractivity (Wildman–Crippen MR) is 196 cm³/mol. The van der Waals surface area contributed by atoms with Crippen LogP contribution in [0.2, 0.25) is 0 Å². The van der Waals surface area contributed by atoms with Gasteiger partial charge in [-0.2, -0.15) is 0 Å². The maximum Gasteiger partial charge on any atom is 0.343 e. The average Bonchev–Trinajstić information content (AvgIpc) is 3.07. The van der Waals surface area contributed by atoms with Gasteiger partial charge in [-0.05, 0) is 141 Å². The summed E-state index contributed by atoms with van der Waals surface area (Å²) in [5.74, 6) is -0.252. The van der Waals surface area contributed by atoms with Crippen LogP contribution in [0.25, 0.3) is 0 Å². The van der Waals surface area contributed by atoms with Crippen LogP contribution < -0.4 is 14.2 Å². The zero-order valence-corrected chi connectivity index (χ0v) is 30.9. The molecule has 0 amide bonds. The van der Waals surface area contributed by atoms with Crippen molar-refractivity contribution < 1.29 is 42.9 Å². The highest BCUT2D eigenvalue weighted by Crippen LogP contribution is 2.24. The van der Waals surface area contributed by atoms with E-state index in [1.807, 2.05) is 46.8 Å². The molecule has 0 aromatic heterocycles. The van der Waals surface area contributed by atoms with Crippen molar-refractivity contribution in [2.24, 2.45) is 0 Å². The quantitative estimate of drug-likeness (QED) is 0.0492. The van der Waals surface area contributed by atoms with Crippen LogP contribution in [0.4, 0.5) is 0 Å². The van der Waals surface area contributed by atoms with E-state index >= 15 is 0 Å². The number of carbonyl (C=O) groups is 4. The second-order valence-electron chi connectivity index (χ2n) is 14.0. The molecule has 0 radical (unpaired) electrons. The monoisotopic (exact) mass is 700 g/mol. The number of benzene rings is 3. The molecular formula is C42H52O9. The summed E-state index contributed by atoms with van der Waals surface area (Å²) in [6.07, 6.45) is 6.94. The molecule has 0 aliphatic heterocycles. The van der Waals surface area contributed by atoms with Crippen LogP contribution in [0, 0.1) is 6.92 Å². The minimum absolute atomic E-state index is 0.211. The van der Waals surface area contributed by atoms with E-state index < -0.39 is 29.1 Å². The topological polar surface area (TPSA) is 114 Å². The SMILES string of the molecule is C=C(C)C(=O)OC(C)(C)CCCCC(=O)OC(C)(C)CCCCCCOc1ccc(C(=O)Oc2ccc(OC(=O)c3ccc(C)cc3)cc2)cc1. The van der Waals surface area contributed by atoms with E-state index in [1.54, 1.807) is 67.6 Å². The summed E-state index contributed by atoms with van der Waals surface area (Å²) >= 11 is 0. The summed E-state index contributed by atoms with van der Waals surface area (Å²) < 4.78 is 27.9. The largest absolute Gasteiger partial charge is 0.494 e. The molecule has 0 atom stereocenters. The lowest BCUT2D eigenvalue weighted by atomic mass is 9.99. The molecule has 9 nitrogen and oxygen atoms in total. The third-order valence-corrected chi connectivity index (χ3v) is 8.08. The molecule has 0 unspecified atom stereocenters. The number of aryl methyl sites for hydroxylation is 1. The second kappa shape index (κ2) is 19.5. The molecule has 0 heterocycles. The fraction of sp³-hybridized carbons (Fsp3) is 0.429. The first-order chi connectivity index (χ1) is 24.1. The molecule has 0 saturated heterocycles. The molecule has 3 rings (SSSR count). The van der Waals surface area contributed by atoms with Gasteiger partial charge in [0.2, 0.25) is 0 Å². The van der Waals surface area contributed by atoms with Gasteiger partial charge in [0, 0.05) is 12.0 Å².